The Labute approximate surface area is 120 Å². The molecule has 21 heavy (non-hydrogen) atoms. The van der Waals surface area contributed by atoms with E-state index in [0.717, 1.165) is 12.1 Å². The summed E-state index contributed by atoms with van der Waals surface area (Å²) in [6.45, 7) is 4.04. The monoisotopic (exact) mass is 297 g/mol. The number of nitrogen functional groups attached to an aromatic ring is 1. The lowest BCUT2D eigenvalue weighted by atomic mass is 9.94. The van der Waals surface area contributed by atoms with Crippen molar-refractivity contribution in [2.45, 2.75) is 31.9 Å². The van der Waals surface area contributed by atoms with E-state index < -0.39 is 39.1 Å². The fourth-order valence-electron chi connectivity index (χ4n) is 2.29. The summed E-state index contributed by atoms with van der Waals surface area (Å²) in [6, 6.07) is 1.80. The van der Waals surface area contributed by atoms with Crippen LogP contribution in [0.25, 0.3) is 0 Å². The first kappa shape index (κ1) is 15.2. The second-order valence-electron chi connectivity index (χ2n) is 5.25. The molecule has 1 aromatic rings. The number of nitrogens with zero attached hydrogens (tertiary/aromatic N) is 1. The number of nitrogens with two attached hydrogens (primary N) is 1. The molecule has 2 unspecified atom stereocenters. The molecule has 0 aromatic heterocycles. The molecule has 3 N–H and O–H groups in total. The van der Waals surface area contributed by atoms with Crippen LogP contribution in [0, 0.1) is 15.9 Å². The van der Waals surface area contributed by atoms with E-state index in [1.807, 2.05) is 0 Å². The number of nitro benzene ring substituents is 1. The minimum atomic E-state index is -0.897. The Balaban J connectivity index is 2.35. The van der Waals surface area contributed by atoms with Gasteiger partial charge in [-0.1, -0.05) is 0 Å². The largest absolute Gasteiger partial charge is 0.392 e. The van der Waals surface area contributed by atoms with Crippen LogP contribution in [0.1, 0.15) is 30.6 Å². The zero-order valence-corrected chi connectivity index (χ0v) is 11.7. The molecule has 114 valence electrons. The van der Waals surface area contributed by atoms with Gasteiger partial charge in [0.1, 0.15) is 17.1 Å². The summed E-state index contributed by atoms with van der Waals surface area (Å²) >= 11 is 0. The number of nitrogens with one attached hydrogen (secondary N) is 1. The van der Waals surface area contributed by atoms with Gasteiger partial charge in [0.2, 0.25) is 0 Å². The van der Waals surface area contributed by atoms with Crippen LogP contribution in [0.2, 0.25) is 0 Å². The minimum Gasteiger partial charge on any atom is -0.392 e. The predicted octanol–water partition coefficient (Wildman–Crippen LogP) is 1.61. The molecule has 0 bridgehead atoms. The van der Waals surface area contributed by atoms with Crippen molar-refractivity contribution in [3.63, 3.8) is 0 Å². The Bertz CT molecular complexity index is 607. The number of nitro groups is 1. The lowest BCUT2D eigenvalue weighted by Crippen LogP contribution is -2.50. The van der Waals surface area contributed by atoms with E-state index in [4.69, 9.17) is 10.5 Å². The third-order valence-electron chi connectivity index (χ3n) is 3.88. The van der Waals surface area contributed by atoms with Crippen molar-refractivity contribution in [3.05, 3.63) is 33.6 Å². The van der Waals surface area contributed by atoms with Gasteiger partial charge >= 0.3 is 0 Å². The maximum atomic E-state index is 13.8. The Morgan fingerprint density at radius 2 is 2.29 bits per heavy atom. The van der Waals surface area contributed by atoms with Crippen molar-refractivity contribution >= 4 is 17.3 Å². The van der Waals surface area contributed by atoms with E-state index in [2.05, 4.69) is 5.32 Å². The fourth-order valence-corrected chi connectivity index (χ4v) is 2.29. The lowest BCUT2D eigenvalue weighted by Gasteiger charge is -2.29. The van der Waals surface area contributed by atoms with Gasteiger partial charge in [-0.05, 0) is 26.3 Å². The summed E-state index contributed by atoms with van der Waals surface area (Å²) in [5.41, 5.74) is 3.41. The highest BCUT2D eigenvalue weighted by molar-refractivity contribution is 6.01. The highest BCUT2D eigenvalue weighted by Gasteiger charge is 2.39. The molecule has 2 rings (SSSR count). The number of carbonyl (C=O) groups excluding carboxylic acids is 1. The Kier molecular flexibility index (Phi) is 3.82. The number of benzene rings is 1. The molecule has 1 aliphatic rings. The maximum absolute atomic E-state index is 13.8. The minimum absolute atomic E-state index is 0.246. The number of ether oxygens (including phenoxy) is 1. The second-order valence-corrected chi connectivity index (χ2v) is 5.25. The van der Waals surface area contributed by atoms with Crippen LogP contribution in [0.15, 0.2) is 12.1 Å². The van der Waals surface area contributed by atoms with Gasteiger partial charge in [0, 0.05) is 12.7 Å². The van der Waals surface area contributed by atoms with E-state index >= 15 is 0 Å². The summed E-state index contributed by atoms with van der Waals surface area (Å²) in [5, 5.41) is 13.5. The molecule has 1 amide bonds. The number of carbonyl (C=O) groups is 1. The third-order valence-corrected chi connectivity index (χ3v) is 3.88. The van der Waals surface area contributed by atoms with Crippen LogP contribution in [0.4, 0.5) is 15.8 Å². The van der Waals surface area contributed by atoms with E-state index in [1.165, 1.54) is 0 Å². The van der Waals surface area contributed by atoms with Crippen molar-refractivity contribution in [2.75, 3.05) is 12.3 Å². The smallest absolute Gasteiger partial charge is 0.293 e. The van der Waals surface area contributed by atoms with Crippen LogP contribution in [-0.2, 0) is 4.74 Å². The standard InChI is InChI=1S/C13H16FN3O4/c1-7-13(2,5-6-21-7)16-12(18)10-8(14)3-4-9(11(10)15)17(19)20/h3-4,7H,5-6,15H2,1-2H3,(H,16,18). The number of hydrogen-bond acceptors (Lipinski definition) is 5. The number of amides is 1. The van der Waals surface area contributed by atoms with E-state index in [-0.39, 0.29) is 6.10 Å². The fraction of sp³-hybridized carbons (Fsp3) is 0.462. The first-order chi connectivity index (χ1) is 9.76. The van der Waals surface area contributed by atoms with Gasteiger partial charge < -0.3 is 15.8 Å². The molecule has 1 aromatic carbocycles. The molecule has 1 saturated heterocycles. The third kappa shape index (κ3) is 2.66. The molecule has 2 atom stereocenters. The SMILES string of the molecule is CC1OCCC1(C)NC(=O)c1c(F)ccc([N+](=O)[O-])c1N. The van der Waals surface area contributed by atoms with E-state index in [1.54, 1.807) is 13.8 Å². The normalized spacial score (nSPS) is 24.8. The molecule has 0 radical (unpaired) electrons. The van der Waals surface area contributed by atoms with E-state index in [0.29, 0.717) is 13.0 Å². The first-order valence-electron chi connectivity index (χ1n) is 6.43. The molecule has 1 heterocycles. The van der Waals surface area contributed by atoms with Gasteiger partial charge in [-0.15, -0.1) is 0 Å². The maximum Gasteiger partial charge on any atom is 0.293 e. The molecule has 0 saturated carbocycles. The molecule has 0 spiro atoms. The summed E-state index contributed by atoms with van der Waals surface area (Å²) in [5.74, 6) is -1.68. The number of hydrogen-bond donors (Lipinski definition) is 2. The quantitative estimate of drug-likeness (QED) is 0.500. The summed E-state index contributed by atoms with van der Waals surface area (Å²) in [7, 11) is 0. The molecule has 1 fully saturated rings. The van der Waals surface area contributed by atoms with Gasteiger partial charge in [-0.25, -0.2) is 4.39 Å². The van der Waals surface area contributed by atoms with Gasteiger partial charge in [-0.3, -0.25) is 14.9 Å². The van der Waals surface area contributed by atoms with Gasteiger partial charge in [-0.2, -0.15) is 0 Å². The summed E-state index contributed by atoms with van der Waals surface area (Å²) in [4.78, 5) is 22.3. The van der Waals surface area contributed by atoms with Gasteiger partial charge in [0.25, 0.3) is 11.6 Å². The Morgan fingerprint density at radius 1 is 1.62 bits per heavy atom. The summed E-state index contributed by atoms with van der Waals surface area (Å²) in [6.07, 6.45) is 0.320. The molecular weight excluding hydrogens is 281 g/mol. The van der Waals surface area contributed by atoms with Crippen molar-refractivity contribution in [1.29, 1.82) is 0 Å². The lowest BCUT2D eigenvalue weighted by molar-refractivity contribution is -0.384. The molecule has 1 aliphatic heterocycles. The van der Waals surface area contributed by atoms with E-state index in [9.17, 15) is 19.3 Å². The van der Waals surface area contributed by atoms with Crippen LogP contribution in [0.5, 0.6) is 0 Å². The van der Waals surface area contributed by atoms with Crippen LogP contribution in [-0.4, -0.2) is 29.1 Å². The zero-order valence-electron chi connectivity index (χ0n) is 11.7. The number of halogens is 1. The highest BCUT2D eigenvalue weighted by atomic mass is 19.1. The van der Waals surface area contributed by atoms with Crippen molar-refractivity contribution in [3.8, 4) is 0 Å². The average Bonchev–Trinajstić information content (AvgIpc) is 2.68. The van der Waals surface area contributed by atoms with Crippen LogP contribution >= 0.6 is 0 Å². The molecular formula is C13H16FN3O4. The average molecular weight is 297 g/mol. The van der Waals surface area contributed by atoms with Crippen molar-refractivity contribution in [1.82, 2.24) is 5.32 Å². The molecule has 7 nitrogen and oxygen atoms in total. The topological polar surface area (TPSA) is 107 Å². The number of anilines is 1. The van der Waals surface area contributed by atoms with Crippen LogP contribution in [0.3, 0.4) is 0 Å². The summed E-state index contributed by atoms with van der Waals surface area (Å²) < 4.78 is 19.2. The van der Waals surface area contributed by atoms with Crippen LogP contribution < -0.4 is 11.1 Å². The Morgan fingerprint density at radius 3 is 2.81 bits per heavy atom. The molecule has 8 heteroatoms. The first-order valence-corrected chi connectivity index (χ1v) is 6.43. The van der Waals surface area contributed by atoms with Gasteiger partial charge in [0.15, 0.2) is 0 Å². The Hall–Kier alpha value is -2.22. The highest BCUT2D eigenvalue weighted by Crippen LogP contribution is 2.30. The number of rotatable bonds is 3. The van der Waals surface area contributed by atoms with Crippen molar-refractivity contribution in [2.24, 2.45) is 0 Å². The van der Waals surface area contributed by atoms with Gasteiger partial charge in [0.05, 0.1) is 16.6 Å². The second kappa shape index (κ2) is 5.28. The predicted molar refractivity (Wildman–Crippen MR) is 73.4 cm³/mol. The van der Waals surface area contributed by atoms with Crippen molar-refractivity contribution < 1.29 is 18.8 Å². The molecule has 0 aliphatic carbocycles. The zero-order chi connectivity index (χ0) is 15.8.